The molecule has 0 aromatic carbocycles. The van der Waals surface area contributed by atoms with E-state index in [0.717, 1.165) is 29.2 Å². The summed E-state index contributed by atoms with van der Waals surface area (Å²) in [5.41, 5.74) is 3.30. The maximum atomic E-state index is 13.5. The van der Waals surface area contributed by atoms with Crippen LogP contribution in [0.15, 0.2) is 65.0 Å². The van der Waals surface area contributed by atoms with Gasteiger partial charge in [0.05, 0.1) is 40.3 Å². The number of thiophene rings is 1. The molecule has 12 nitrogen and oxygen atoms in total. The number of nitrogens with zero attached hydrogens (tertiary/aromatic N) is 7. The fraction of sp³-hybridized carbons (Fsp3) is 0.375. The lowest BCUT2D eigenvalue weighted by atomic mass is 10.1. The normalized spacial score (nSPS) is 13.7. The molecule has 1 aliphatic rings. The van der Waals surface area contributed by atoms with Crippen LogP contribution in [-0.2, 0) is 0 Å². The number of hydrogen-bond donors (Lipinski definition) is 2. The fourth-order valence-corrected chi connectivity index (χ4v) is 5.91. The number of aromatic nitrogens is 5. The van der Waals surface area contributed by atoms with Crippen LogP contribution in [0.1, 0.15) is 58.5 Å². The molecule has 6 rings (SSSR count). The molecule has 0 saturated carbocycles. The number of fused-ring (bicyclic) bond motifs is 1. The van der Waals surface area contributed by atoms with Gasteiger partial charge in [-0.05, 0) is 49.7 Å². The molecule has 45 heavy (non-hydrogen) atoms. The number of anilines is 1. The highest BCUT2D eigenvalue weighted by atomic mass is 32.1. The Hall–Kier alpha value is -4.62. The Bertz CT molecular complexity index is 1720. The van der Waals surface area contributed by atoms with E-state index in [9.17, 15) is 9.59 Å². The molecule has 5 aromatic rings. The van der Waals surface area contributed by atoms with Crippen molar-refractivity contribution in [2.45, 2.75) is 46.7 Å². The second-order valence-electron chi connectivity index (χ2n) is 10.4. The summed E-state index contributed by atoms with van der Waals surface area (Å²) in [7, 11) is 0. The number of pyridine rings is 1. The molecule has 0 aliphatic carbocycles. The van der Waals surface area contributed by atoms with Gasteiger partial charge in [-0.25, -0.2) is 19.5 Å². The highest BCUT2D eigenvalue weighted by Gasteiger charge is 2.31. The van der Waals surface area contributed by atoms with Crippen LogP contribution >= 0.6 is 11.3 Å². The van der Waals surface area contributed by atoms with Crippen LogP contribution in [0.5, 0.6) is 0 Å². The SMILES string of the molecule is CC.CCN(CC)[C@@H](C)CNC(=O)c1cc(-c2cnn3ccc(-c4cccs4)nc23)nc(N2CC(NC(=O)c3ncco3)C2)c1.[HH].[HH]. The van der Waals surface area contributed by atoms with Crippen molar-refractivity contribution in [1.29, 1.82) is 0 Å². The second kappa shape index (κ2) is 14.4. The molecule has 0 bridgehead atoms. The van der Waals surface area contributed by atoms with E-state index in [0.29, 0.717) is 42.4 Å². The van der Waals surface area contributed by atoms with Crippen LogP contribution in [0.3, 0.4) is 0 Å². The van der Waals surface area contributed by atoms with E-state index in [1.807, 2.05) is 48.5 Å². The number of carbonyl (C=O) groups excluding carboxylic acids is 2. The Kier molecular flexibility index (Phi) is 10.2. The van der Waals surface area contributed by atoms with Crippen molar-refractivity contribution in [3.05, 3.63) is 72.0 Å². The molecule has 0 unspecified atom stereocenters. The number of nitrogens with one attached hydrogen (secondary N) is 2. The van der Waals surface area contributed by atoms with Crippen molar-refractivity contribution in [3.8, 4) is 21.8 Å². The summed E-state index contributed by atoms with van der Waals surface area (Å²) in [6.45, 7) is 13.7. The predicted molar refractivity (Wildman–Crippen MR) is 180 cm³/mol. The van der Waals surface area contributed by atoms with Crippen molar-refractivity contribution < 1.29 is 16.9 Å². The lowest BCUT2D eigenvalue weighted by Crippen LogP contribution is -2.59. The summed E-state index contributed by atoms with van der Waals surface area (Å²) in [6.07, 6.45) is 6.41. The molecule has 240 valence electrons. The third kappa shape index (κ3) is 7.04. The van der Waals surface area contributed by atoms with Gasteiger partial charge in [0, 0.05) is 40.3 Å². The van der Waals surface area contributed by atoms with E-state index in [1.54, 1.807) is 34.2 Å². The third-order valence-corrected chi connectivity index (χ3v) is 8.55. The van der Waals surface area contributed by atoms with Crippen LogP contribution in [-0.4, -0.2) is 86.1 Å². The van der Waals surface area contributed by atoms with E-state index in [-0.39, 0.29) is 32.6 Å². The quantitative estimate of drug-likeness (QED) is 0.204. The fourth-order valence-electron chi connectivity index (χ4n) is 5.22. The molecule has 1 saturated heterocycles. The number of oxazole rings is 1. The monoisotopic (exact) mass is 633 g/mol. The Balaban J connectivity index is 0.00000147. The molecule has 2 amide bonds. The van der Waals surface area contributed by atoms with E-state index in [2.05, 4.69) is 46.4 Å². The highest BCUT2D eigenvalue weighted by molar-refractivity contribution is 7.13. The van der Waals surface area contributed by atoms with E-state index in [4.69, 9.17) is 14.4 Å². The number of hydrogen-bond acceptors (Lipinski definition) is 10. The molecule has 6 heterocycles. The van der Waals surface area contributed by atoms with Crippen molar-refractivity contribution in [2.75, 3.05) is 37.6 Å². The van der Waals surface area contributed by atoms with Gasteiger partial charge in [-0.1, -0.05) is 33.8 Å². The Morgan fingerprint density at radius 3 is 2.62 bits per heavy atom. The highest BCUT2D eigenvalue weighted by Crippen LogP contribution is 2.30. The smallest absolute Gasteiger partial charge is 0.307 e. The van der Waals surface area contributed by atoms with Gasteiger partial charge in [0.25, 0.3) is 11.8 Å². The minimum absolute atomic E-state index is 0. The van der Waals surface area contributed by atoms with Gasteiger partial charge < -0.3 is 20.0 Å². The van der Waals surface area contributed by atoms with Gasteiger partial charge in [-0.15, -0.1) is 11.3 Å². The molecule has 1 aliphatic heterocycles. The molecule has 1 atom stereocenters. The van der Waals surface area contributed by atoms with Crippen molar-refractivity contribution in [2.24, 2.45) is 0 Å². The first-order chi connectivity index (χ1) is 21.9. The van der Waals surface area contributed by atoms with Gasteiger partial charge in [0.1, 0.15) is 12.1 Å². The number of amides is 2. The van der Waals surface area contributed by atoms with E-state index >= 15 is 0 Å². The van der Waals surface area contributed by atoms with Crippen LogP contribution in [0.2, 0.25) is 0 Å². The predicted octanol–water partition coefficient (Wildman–Crippen LogP) is 5.10. The average molecular weight is 634 g/mol. The molecule has 2 N–H and O–H groups in total. The van der Waals surface area contributed by atoms with Crippen LogP contribution in [0, 0.1) is 0 Å². The van der Waals surface area contributed by atoms with Gasteiger partial charge in [0.2, 0.25) is 0 Å². The molecule has 13 heteroatoms. The standard InChI is InChI=1S/C30H33N9O3S.C2H6.2H2/c1-4-37(5-2)19(3)15-32-28(40)20-13-24(22-16-33-39-10-8-23(36-27(22)39)25-7-6-12-43-25)35-26(14-20)38-17-21(18-38)34-29(41)30-31-9-11-42-30;1-2;;/h6-14,16,19,21H,4-5,15,17-18H2,1-3H3,(H,32,40)(H,34,41);1-2H3;2*1H/t19-;;;/m0.../s1. The summed E-state index contributed by atoms with van der Waals surface area (Å²) in [5.74, 6) is 0.119. The van der Waals surface area contributed by atoms with Gasteiger partial charge >= 0.3 is 5.91 Å². The van der Waals surface area contributed by atoms with Crippen LogP contribution < -0.4 is 15.5 Å². The van der Waals surface area contributed by atoms with Gasteiger partial charge in [-0.2, -0.15) is 5.10 Å². The molecular weight excluding hydrogens is 590 g/mol. The zero-order valence-corrected chi connectivity index (χ0v) is 27.0. The molecule has 1 fully saturated rings. The average Bonchev–Trinajstić information content (AvgIpc) is 3.85. The summed E-state index contributed by atoms with van der Waals surface area (Å²) in [5, 5.41) is 12.5. The zero-order valence-electron chi connectivity index (χ0n) is 26.2. The summed E-state index contributed by atoms with van der Waals surface area (Å²) in [4.78, 5) is 45.0. The van der Waals surface area contributed by atoms with E-state index < -0.39 is 0 Å². The number of carbonyl (C=O) groups is 2. The molecule has 0 radical (unpaired) electrons. The lowest BCUT2D eigenvalue weighted by Gasteiger charge is -2.40. The van der Waals surface area contributed by atoms with Crippen molar-refractivity contribution in [1.82, 2.24) is 40.1 Å². The largest absolute Gasteiger partial charge is 0.441 e. The first-order valence-corrected chi connectivity index (χ1v) is 16.2. The van der Waals surface area contributed by atoms with E-state index in [1.165, 1.54) is 12.5 Å². The minimum Gasteiger partial charge on any atom is -0.441 e. The first kappa shape index (κ1) is 31.8. The van der Waals surface area contributed by atoms with Crippen molar-refractivity contribution in [3.63, 3.8) is 0 Å². The summed E-state index contributed by atoms with van der Waals surface area (Å²) >= 11 is 1.62. The summed E-state index contributed by atoms with van der Waals surface area (Å²) < 4.78 is 6.81. The maximum absolute atomic E-state index is 13.5. The summed E-state index contributed by atoms with van der Waals surface area (Å²) in [6, 6.07) is 9.63. The lowest BCUT2D eigenvalue weighted by molar-refractivity contribution is 0.0894. The first-order valence-electron chi connectivity index (χ1n) is 15.3. The van der Waals surface area contributed by atoms with Gasteiger partial charge in [-0.3, -0.25) is 14.5 Å². The third-order valence-electron chi connectivity index (χ3n) is 7.65. The van der Waals surface area contributed by atoms with Crippen molar-refractivity contribution >= 4 is 34.6 Å². The molecule has 0 spiro atoms. The molecular formula is C32H43N9O3S. The maximum Gasteiger partial charge on any atom is 0.307 e. The zero-order chi connectivity index (χ0) is 31.9. The topological polar surface area (TPSA) is 134 Å². The Morgan fingerprint density at radius 1 is 1.13 bits per heavy atom. The second-order valence-corrected chi connectivity index (χ2v) is 11.4. The molecule has 5 aromatic heterocycles. The Labute approximate surface area is 269 Å². The minimum atomic E-state index is -0.363. The van der Waals surface area contributed by atoms with Crippen LogP contribution in [0.25, 0.3) is 27.5 Å². The Morgan fingerprint density at radius 2 is 1.93 bits per heavy atom. The number of rotatable bonds is 11. The van der Waals surface area contributed by atoms with Gasteiger partial charge in [0.15, 0.2) is 5.65 Å². The number of likely N-dealkylation sites (N-methyl/N-ethyl adjacent to an activating group) is 1. The van der Waals surface area contributed by atoms with Crippen LogP contribution in [0.4, 0.5) is 5.82 Å².